The van der Waals surface area contributed by atoms with Gasteiger partial charge in [-0.1, -0.05) is 35.4 Å². The summed E-state index contributed by atoms with van der Waals surface area (Å²) in [6, 6.07) is 2.71. The Bertz CT molecular complexity index is 1830. The van der Waals surface area contributed by atoms with Crippen molar-refractivity contribution in [2.24, 2.45) is 21.6 Å². The van der Waals surface area contributed by atoms with Crippen LogP contribution < -0.4 is 48.7 Å². The molecule has 62 heavy (non-hydrogen) atoms. The van der Waals surface area contributed by atoms with Crippen LogP contribution in [-0.2, 0) is 49.5 Å². The van der Waals surface area contributed by atoms with Crippen molar-refractivity contribution in [3.05, 3.63) is 46.3 Å². The van der Waals surface area contributed by atoms with E-state index in [9.17, 15) is 58.8 Å². The van der Waals surface area contributed by atoms with Crippen LogP contribution >= 0.6 is 0 Å². The molecule has 26 heteroatoms. The molecule has 0 saturated carbocycles. The zero-order chi connectivity index (χ0) is 45.8. The fraction of sp³-hybridized carbons (Fsp3) is 0.583. The Hall–Kier alpha value is -6.60. The van der Waals surface area contributed by atoms with E-state index in [4.69, 9.17) is 21.7 Å². The van der Waals surface area contributed by atoms with Gasteiger partial charge in [0.15, 0.2) is 12.1 Å². The second-order valence-electron chi connectivity index (χ2n) is 14.3. The number of ether oxygens (including phenoxy) is 1. The molecule has 26 nitrogen and oxygen atoms in total. The van der Waals surface area contributed by atoms with E-state index in [0.717, 1.165) is 0 Å². The van der Waals surface area contributed by atoms with Crippen LogP contribution in [0.25, 0.3) is 10.4 Å². The number of hydrogen-bond donors (Lipinski definition) is 13. The standard InChI is InChI=1S/C36H53N13O13/c37-36(38)41-12-6-10-19-31(57)43-16-25(51)45-22(14-26(52)53)34(60)48-21(13-18-7-2-1-3-8-18)33(59)47-20(32(58)46-19)9-4-5-11-40-35(61)30-29(56)28(55)27(54)23(62-30)15-42-24(50)17-44-49-39/h1-3,7-8,19-23,27-30,54-56H,4-6,9-17H2,(H,40,61)(H,42,50)(H,43,57)(H,45,51)(H,46,58)(H,47,59)(H,48,60)(H,52,53)(H4,37,38,41)/t19-,20-,21+,22-,23+,27-,28?,29-,30?/m0/s1. The summed E-state index contributed by atoms with van der Waals surface area (Å²) in [4.78, 5) is 110. The molecule has 15 N–H and O–H groups in total. The van der Waals surface area contributed by atoms with E-state index in [0.29, 0.717) is 5.56 Å². The highest BCUT2D eigenvalue weighted by Crippen LogP contribution is 2.21. The summed E-state index contributed by atoms with van der Waals surface area (Å²) < 4.78 is 5.50. The van der Waals surface area contributed by atoms with Gasteiger partial charge in [0, 0.05) is 31.0 Å². The number of hydrogen-bond acceptors (Lipinski definition) is 14. The second-order valence-corrected chi connectivity index (χ2v) is 14.3. The Morgan fingerprint density at radius 3 is 2.10 bits per heavy atom. The molecule has 2 saturated heterocycles. The highest BCUT2D eigenvalue weighted by atomic mass is 16.5. The predicted molar refractivity (Wildman–Crippen MR) is 214 cm³/mol. The van der Waals surface area contributed by atoms with E-state index in [1.54, 1.807) is 30.3 Å². The Morgan fingerprint density at radius 1 is 0.806 bits per heavy atom. The van der Waals surface area contributed by atoms with Crippen molar-refractivity contribution in [3.8, 4) is 0 Å². The molecule has 9 atom stereocenters. The first kappa shape index (κ1) is 49.8. The van der Waals surface area contributed by atoms with Crippen LogP contribution in [0, 0.1) is 0 Å². The summed E-state index contributed by atoms with van der Waals surface area (Å²) in [7, 11) is 0. The monoisotopic (exact) mass is 875 g/mol. The summed E-state index contributed by atoms with van der Waals surface area (Å²) in [6.07, 6.45) is -9.10. The Labute approximate surface area is 354 Å². The zero-order valence-electron chi connectivity index (χ0n) is 33.5. The first-order valence-electron chi connectivity index (χ1n) is 19.5. The van der Waals surface area contributed by atoms with Gasteiger partial charge in [0.25, 0.3) is 5.91 Å². The summed E-state index contributed by atoms with van der Waals surface area (Å²) >= 11 is 0. The first-order chi connectivity index (χ1) is 29.5. The van der Waals surface area contributed by atoms with Crippen molar-refractivity contribution in [2.45, 2.75) is 99.6 Å². The molecule has 2 unspecified atom stereocenters. The molecule has 2 aliphatic heterocycles. The molecule has 340 valence electrons. The van der Waals surface area contributed by atoms with Gasteiger partial charge in [0.05, 0.1) is 13.0 Å². The van der Waals surface area contributed by atoms with Crippen molar-refractivity contribution in [1.29, 1.82) is 0 Å². The summed E-state index contributed by atoms with van der Waals surface area (Å²) in [5.74, 6) is -7.77. The third-order valence-electron chi connectivity index (χ3n) is 9.55. The molecule has 1 aromatic rings. The number of rotatable bonds is 18. The van der Waals surface area contributed by atoms with Gasteiger partial charge >= 0.3 is 5.97 Å². The van der Waals surface area contributed by atoms with Crippen molar-refractivity contribution >= 4 is 53.3 Å². The van der Waals surface area contributed by atoms with Gasteiger partial charge < -0.3 is 73.8 Å². The second kappa shape index (κ2) is 25.2. The Morgan fingerprint density at radius 2 is 1.44 bits per heavy atom. The van der Waals surface area contributed by atoms with Crippen LogP contribution in [-0.4, -0.2) is 161 Å². The number of nitrogens with zero attached hydrogens (tertiary/aromatic N) is 4. The molecule has 2 aliphatic rings. The van der Waals surface area contributed by atoms with Crippen LogP contribution in [0.5, 0.6) is 0 Å². The summed E-state index contributed by atoms with van der Waals surface area (Å²) in [6.45, 7) is -1.69. The Balaban J connectivity index is 1.81. The quantitative estimate of drug-likeness (QED) is 0.0163. The smallest absolute Gasteiger partial charge is 0.305 e. The fourth-order valence-corrected chi connectivity index (χ4v) is 6.32. The van der Waals surface area contributed by atoms with Gasteiger partial charge in [0.2, 0.25) is 35.4 Å². The molecular formula is C36H53N13O13. The van der Waals surface area contributed by atoms with Crippen LogP contribution in [0.2, 0.25) is 0 Å². The van der Waals surface area contributed by atoms with Crippen molar-refractivity contribution < 1.29 is 63.5 Å². The maximum absolute atomic E-state index is 14.0. The zero-order valence-corrected chi connectivity index (χ0v) is 33.5. The first-order valence-corrected chi connectivity index (χ1v) is 19.5. The minimum Gasteiger partial charge on any atom is -0.481 e. The molecule has 0 aliphatic carbocycles. The topological polar surface area (TPSA) is 424 Å². The predicted octanol–water partition coefficient (Wildman–Crippen LogP) is -5.61. The average molecular weight is 876 g/mol. The Kier molecular flexibility index (Phi) is 20.3. The molecule has 2 heterocycles. The number of carbonyl (C=O) groups excluding carboxylic acids is 7. The average Bonchev–Trinajstić information content (AvgIpc) is 3.23. The number of aliphatic hydroxyl groups is 3. The number of carbonyl (C=O) groups is 8. The number of benzene rings is 1. The number of amides is 7. The number of aliphatic hydroxyl groups excluding tert-OH is 3. The molecule has 2 fully saturated rings. The summed E-state index contributed by atoms with van der Waals surface area (Å²) in [5.41, 5.74) is 19.8. The van der Waals surface area contributed by atoms with Crippen molar-refractivity contribution in [3.63, 3.8) is 0 Å². The molecular weight excluding hydrogens is 822 g/mol. The lowest BCUT2D eigenvalue weighted by Gasteiger charge is -2.39. The molecule has 7 amide bonds. The number of nitrogens with one attached hydrogen (secondary N) is 7. The van der Waals surface area contributed by atoms with Crippen LogP contribution in [0.3, 0.4) is 0 Å². The van der Waals surface area contributed by atoms with Crippen LogP contribution in [0.15, 0.2) is 40.4 Å². The highest BCUT2D eigenvalue weighted by molar-refractivity contribution is 5.98. The van der Waals surface area contributed by atoms with E-state index in [1.807, 2.05) is 0 Å². The third-order valence-corrected chi connectivity index (χ3v) is 9.55. The maximum atomic E-state index is 14.0. The number of azide groups is 1. The minimum absolute atomic E-state index is 0.0369. The maximum Gasteiger partial charge on any atom is 0.305 e. The third kappa shape index (κ3) is 16.5. The molecule has 0 aromatic heterocycles. The lowest BCUT2D eigenvalue weighted by molar-refractivity contribution is -0.219. The van der Waals surface area contributed by atoms with Gasteiger partial charge in [0.1, 0.15) is 55.1 Å². The van der Waals surface area contributed by atoms with Crippen LogP contribution in [0.1, 0.15) is 44.1 Å². The van der Waals surface area contributed by atoms with Crippen molar-refractivity contribution in [1.82, 2.24) is 37.2 Å². The molecule has 1 aromatic carbocycles. The lowest BCUT2D eigenvalue weighted by Crippen LogP contribution is -2.63. The van der Waals surface area contributed by atoms with Gasteiger partial charge in [-0.05, 0) is 43.2 Å². The molecule has 0 bridgehead atoms. The fourth-order valence-electron chi connectivity index (χ4n) is 6.32. The molecule has 0 radical (unpaired) electrons. The largest absolute Gasteiger partial charge is 0.481 e. The lowest BCUT2D eigenvalue weighted by atomic mass is 9.94. The minimum atomic E-state index is -1.87. The SMILES string of the molecule is [N-]=[N+]=NCC(=O)NC[C@H]1OC(C(=O)NCCCC[C@@H]2NC(=O)[C@@H](Cc3ccccc3)NC(=O)[C@H](CC(=O)O)NC(=O)CNC(=O)[C@H](CCCN=C(N)N)NC2=O)[C@@H](O)C(O)[C@H]1O. The normalized spacial score (nSPS) is 26.0. The number of carboxylic acids is 1. The number of guanidine groups is 1. The van der Waals surface area contributed by atoms with E-state index in [-0.39, 0.29) is 57.6 Å². The van der Waals surface area contributed by atoms with E-state index in [1.165, 1.54) is 0 Å². The number of unbranched alkanes of at least 4 members (excludes halogenated alkanes) is 1. The molecule has 3 rings (SSSR count). The number of carboxylic acid groups (broad SMARTS) is 1. The molecule has 0 spiro atoms. The van der Waals surface area contributed by atoms with Crippen LogP contribution in [0.4, 0.5) is 0 Å². The van der Waals surface area contributed by atoms with E-state index in [2.05, 4.69) is 52.2 Å². The number of nitrogens with two attached hydrogens (primary N) is 2. The van der Waals surface area contributed by atoms with E-state index < -0.39 is 128 Å². The highest BCUT2D eigenvalue weighted by Gasteiger charge is 2.46. The van der Waals surface area contributed by atoms with Crippen molar-refractivity contribution in [2.75, 3.05) is 32.7 Å². The van der Waals surface area contributed by atoms with Gasteiger partial charge in [-0.15, -0.1) is 0 Å². The van der Waals surface area contributed by atoms with Gasteiger partial charge in [-0.2, -0.15) is 0 Å². The van der Waals surface area contributed by atoms with Gasteiger partial charge in [-0.25, -0.2) is 0 Å². The number of aliphatic imine (C=N–C) groups is 1. The van der Waals surface area contributed by atoms with Gasteiger partial charge in [-0.3, -0.25) is 43.3 Å². The summed E-state index contributed by atoms with van der Waals surface area (Å²) in [5, 5.41) is 60.9. The van der Waals surface area contributed by atoms with E-state index >= 15 is 0 Å². The number of aliphatic carboxylic acids is 1.